The number of rotatable bonds is 5. The van der Waals surface area contributed by atoms with E-state index >= 15 is 0 Å². The van der Waals surface area contributed by atoms with Crippen LogP contribution >= 0.6 is 0 Å². The second-order valence-corrected chi connectivity index (χ2v) is 4.71. The van der Waals surface area contributed by atoms with Crippen molar-refractivity contribution in [3.8, 4) is 11.5 Å². The summed E-state index contributed by atoms with van der Waals surface area (Å²) in [5.74, 6) is 1.19. The zero-order valence-corrected chi connectivity index (χ0v) is 11.8. The minimum atomic E-state index is -0.131. The number of nitrogens with zero attached hydrogens (tertiary/aromatic N) is 1. The number of aromatic amines is 1. The Morgan fingerprint density at radius 2 is 1.86 bits per heavy atom. The molecule has 0 aliphatic heterocycles. The Labute approximate surface area is 128 Å². The third-order valence-corrected chi connectivity index (χ3v) is 3.04. The number of benzene rings is 2. The number of carbonyl (C=O) groups excluding carboxylic acids is 1. The van der Waals surface area contributed by atoms with Crippen LogP contribution in [0.2, 0.25) is 0 Å². The lowest BCUT2D eigenvalue weighted by molar-refractivity contribution is -0.115. The van der Waals surface area contributed by atoms with Gasteiger partial charge in [-0.25, -0.2) is 4.98 Å². The second kappa shape index (κ2) is 6.58. The van der Waals surface area contributed by atoms with E-state index in [-0.39, 0.29) is 12.3 Å². The predicted octanol–water partition coefficient (Wildman–Crippen LogP) is 3.38. The van der Waals surface area contributed by atoms with Crippen LogP contribution in [0.5, 0.6) is 11.5 Å². The van der Waals surface area contributed by atoms with Crippen molar-refractivity contribution < 1.29 is 9.53 Å². The number of nitrogens with one attached hydrogen (secondary N) is 2. The van der Waals surface area contributed by atoms with Gasteiger partial charge in [0.05, 0.1) is 18.4 Å². The molecule has 0 radical (unpaired) electrons. The molecule has 1 heterocycles. The zero-order chi connectivity index (χ0) is 15.2. The molecule has 3 rings (SSSR count). The number of hydrogen-bond acceptors (Lipinski definition) is 3. The Hall–Kier alpha value is -3.08. The van der Waals surface area contributed by atoms with Crippen LogP contribution in [0.4, 0.5) is 5.69 Å². The Kier molecular flexibility index (Phi) is 4.15. The van der Waals surface area contributed by atoms with Gasteiger partial charge in [0.1, 0.15) is 5.75 Å². The van der Waals surface area contributed by atoms with Crippen molar-refractivity contribution in [3.63, 3.8) is 0 Å². The molecule has 0 saturated heterocycles. The highest BCUT2D eigenvalue weighted by molar-refractivity contribution is 5.93. The third-order valence-electron chi connectivity index (χ3n) is 3.04. The summed E-state index contributed by atoms with van der Waals surface area (Å²) in [4.78, 5) is 18.9. The molecule has 0 saturated carbocycles. The molecule has 2 aromatic carbocycles. The minimum absolute atomic E-state index is 0.131. The Bertz CT molecular complexity index is 740. The summed E-state index contributed by atoms with van der Waals surface area (Å²) >= 11 is 0. The van der Waals surface area contributed by atoms with Crippen LogP contribution in [0.1, 0.15) is 5.69 Å². The lowest BCUT2D eigenvalue weighted by Crippen LogP contribution is -2.15. The maximum Gasteiger partial charge on any atom is 0.230 e. The van der Waals surface area contributed by atoms with Crippen molar-refractivity contribution in [2.24, 2.45) is 0 Å². The molecule has 0 fully saturated rings. The van der Waals surface area contributed by atoms with Crippen LogP contribution in [-0.2, 0) is 11.2 Å². The van der Waals surface area contributed by atoms with Crippen LogP contribution in [-0.4, -0.2) is 15.9 Å². The number of anilines is 1. The normalized spacial score (nSPS) is 10.2. The molecule has 110 valence electrons. The molecule has 1 amide bonds. The number of amides is 1. The quantitative estimate of drug-likeness (QED) is 0.757. The van der Waals surface area contributed by atoms with E-state index in [4.69, 9.17) is 4.74 Å². The van der Waals surface area contributed by atoms with Crippen molar-refractivity contribution in [2.75, 3.05) is 5.32 Å². The van der Waals surface area contributed by atoms with E-state index in [1.54, 1.807) is 12.5 Å². The molecule has 1 aromatic heterocycles. The Balaban J connectivity index is 1.72. The zero-order valence-electron chi connectivity index (χ0n) is 11.8. The second-order valence-electron chi connectivity index (χ2n) is 4.71. The van der Waals surface area contributed by atoms with Crippen molar-refractivity contribution in [3.05, 3.63) is 72.8 Å². The van der Waals surface area contributed by atoms with Gasteiger partial charge in [0.25, 0.3) is 0 Å². The summed E-state index contributed by atoms with van der Waals surface area (Å²) in [5, 5.41) is 2.86. The average molecular weight is 293 g/mol. The molecular formula is C17H15N3O2. The lowest BCUT2D eigenvalue weighted by atomic mass is 10.2. The van der Waals surface area contributed by atoms with Crippen LogP contribution < -0.4 is 10.1 Å². The molecule has 0 unspecified atom stereocenters. The first-order valence-electron chi connectivity index (χ1n) is 6.90. The number of carbonyl (C=O) groups is 1. The highest BCUT2D eigenvalue weighted by atomic mass is 16.5. The number of imidazole rings is 1. The molecule has 0 bridgehead atoms. The van der Waals surface area contributed by atoms with Crippen molar-refractivity contribution in [2.45, 2.75) is 6.42 Å². The van der Waals surface area contributed by atoms with Gasteiger partial charge in [-0.1, -0.05) is 30.3 Å². The smallest absolute Gasteiger partial charge is 0.230 e. The van der Waals surface area contributed by atoms with Crippen molar-refractivity contribution in [1.82, 2.24) is 9.97 Å². The van der Waals surface area contributed by atoms with Gasteiger partial charge in [-0.3, -0.25) is 4.79 Å². The predicted molar refractivity (Wildman–Crippen MR) is 83.9 cm³/mol. The van der Waals surface area contributed by atoms with E-state index in [2.05, 4.69) is 15.3 Å². The van der Waals surface area contributed by atoms with Gasteiger partial charge in [0.2, 0.25) is 5.91 Å². The molecule has 2 N–H and O–H groups in total. The molecule has 5 heteroatoms. The van der Waals surface area contributed by atoms with Crippen LogP contribution in [0.3, 0.4) is 0 Å². The lowest BCUT2D eigenvalue weighted by Gasteiger charge is -2.11. The molecular weight excluding hydrogens is 278 g/mol. The summed E-state index contributed by atoms with van der Waals surface area (Å²) in [5.41, 5.74) is 1.40. The Morgan fingerprint density at radius 3 is 2.64 bits per heavy atom. The maximum atomic E-state index is 12.1. The van der Waals surface area contributed by atoms with Gasteiger partial charge in [-0.15, -0.1) is 0 Å². The fourth-order valence-electron chi connectivity index (χ4n) is 2.02. The topological polar surface area (TPSA) is 67.0 Å². The first-order valence-corrected chi connectivity index (χ1v) is 6.90. The number of ether oxygens (including phenoxy) is 1. The van der Waals surface area contributed by atoms with Crippen LogP contribution in [0, 0.1) is 0 Å². The van der Waals surface area contributed by atoms with Gasteiger partial charge >= 0.3 is 0 Å². The minimum Gasteiger partial charge on any atom is -0.455 e. The third kappa shape index (κ3) is 3.52. The average Bonchev–Trinajstić information content (AvgIpc) is 3.03. The Morgan fingerprint density at radius 1 is 1.09 bits per heavy atom. The van der Waals surface area contributed by atoms with E-state index < -0.39 is 0 Å². The summed E-state index contributed by atoms with van der Waals surface area (Å²) in [6.45, 7) is 0. The number of hydrogen-bond donors (Lipinski definition) is 2. The van der Waals surface area contributed by atoms with Gasteiger partial charge in [0.15, 0.2) is 5.75 Å². The summed E-state index contributed by atoms with van der Waals surface area (Å²) in [6.07, 6.45) is 3.42. The van der Waals surface area contributed by atoms with E-state index in [0.29, 0.717) is 11.4 Å². The van der Waals surface area contributed by atoms with Gasteiger partial charge in [-0.2, -0.15) is 0 Å². The van der Waals surface area contributed by atoms with E-state index in [1.807, 2.05) is 54.6 Å². The molecule has 0 spiro atoms. The SMILES string of the molecule is O=C(Cc1cnc[nH]1)Nc1ccccc1Oc1ccccc1. The molecule has 3 aromatic rings. The van der Waals surface area contributed by atoms with Gasteiger partial charge < -0.3 is 15.0 Å². The van der Waals surface area contributed by atoms with E-state index in [0.717, 1.165) is 11.4 Å². The van der Waals surface area contributed by atoms with Gasteiger partial charge in [0, 0.05) is 11.9 Å². The summed E-state index contributed by atoms with van der Waals surface area (Å²) in [7, 11) is 0. The summed E-state index contributed by atoms with van der Waals surface area (Å²) < 4.78 is 5.81. The molecule has 0 aliphatic carbocycles. The fraction of sp³-hybridized carbons (Fsp3) is 0.0588. The summed E-state index contributed by atoms with van der Waals surface area (Å²) in [6, 6.07) is 16.8. The number of aromatic nitrogens is 2. The van der Waals surface area contributed by atoms with Crippen molar-refractivity contribution in [1.29, 1.82) is 0 Å². The monoisotopic (exact) mass is 293 g/mol. The van der Waals surface area contributed by atoms with Crippen LogP contribution in [0.25, 0.3) is 0 Å². The first kappa shape index (κ1) is 13.9. The molecule has 5 nitrogen and oxygen atoms in total. The number of para-hydroxylation sites is 3. The highest BCUT2D eigenvalue weighted by Gasteiger charge is 2.09. The van der Waals surface area contributed by atoms with Crippen LogP contribution in [0.15, 0.2) is 67.1 Å². The molecule has 0 atom stereocenters. The largest absolute Gasteiger partial charge is 0.455 e. The standard InChI is InChI=1S/C17H15N3O2/c21-17(10-13-11-18-12-19-13)20-15-8-4-5-9-16(15)22-14-6-2-1-3-7-14/h1-9,11-12H,10H2,(H,18,19)(H,20,21). The molecule has 22 heavy (non-hydrogen) atoms. The van der Waals surface area contributed by atoms with Crippen molar-refractivity contribution >= 4 is 11.6 Å². The fourth-order valence-corrected chi connectivity index (χ4v) is 2.02. The maximum absolute atomic E-state index is 12.1. The molecule has 0 aliphatic rings. The first-order chi connectivity index (χ1) is 10.8. The van der Waals surface area contributed by atoms with E-state index in [1.165, 1.54) is 0 Å². The number of H-pyrrole nitrogens is 1. The highest BCUT2D eigenvalue weighted by Crippen LogP contribution is 2.29. The van der Waals surface area contributed by atoms with E-state index in [9.17, 15) is 4.79 Å². The van der Waals surface area contributed by atoms with Gasteiger partial charge in [-0.05, 0) is 24.3 Å².